The third-order valence-electron chi connectivity index (χ3n) is 3.09. The maximum Gasteiger partial charge on any atom is 0.347 e. The Labute approximate surface area is 126 Å². The van der Waals surface area contributed by atoms with Crippen LogP contribution in [-0.4, -0.2) is 22.0 Å². The summed E-state index contributed by atoms with van der Waals surface area (Å²) in [6.45, 7) is 5.49. The maximum absolute atomic E-state index is 12.1. The van der Waals surface area contributed by atoms with E-state index in [2.05, 4.69) is 10.3 Å². The highest BCUT2D eigenvalue weighted by atomic mass is 32.1. The number of carboxylic acid groups (broad SMARTS) is 1. The molecule has 0 bridgehead atoms. The summed E-state index contributed by atoms with van der Waals surface area (Å²) in [7, 11) is 0. The van der Waals surface area contributed by atoms with E-state index in [0.717, 1.165) is 28.2 Å². The van der Waals surface area contributed by atoms with Gasteiger partial charge in [-0.05, 0) is 31.9 Å². The first-order valence-electron chi connectivity index (χ1n) is 6.44. The van der Waals surface area contributed by atoms with Crippen molar-refractivity contribution in [1.29, 1.82) is 0 Å². The molecule has 0 aliphatic rings. The average Bonchev–Trinajstić information content (AvgIpc) is 2.75. The van der Waals surface area contributed by atoms with Crippen molar-refractivity contribution in [1.82, 2.24) is 4.98 Å². The molecule has 0 unspecified atom stereocenters. The predicted octanol–water partition coefficient (Wildman–Crippen LogP) is 2.95. The first-order valence-corrected chi connectivity index (χ1v) is 7.25. The summed E-state index contributed by atoms with van der Waals surface area (Å²) in [4.78, 5) is 27.4. The van der Waals surface area contributed by atoms with Crippen molar-refractivity contribution >= 4 is 28.9 Å². The van der Waals surface area contributed by atoms with Crippen LogP contribution in [0.5, 0.6) is 0 Å². The Kier molecular flexibility index (Phi) is 4.37. The zero-order chi connectivity index (χ0) is 15.6. The van der Waals surface area contributed by atoms with Gasteiger partial charge in [0.05, 0.1) is 12.1 Å². The number of aryl methyl sites for hydroxylation is 3. The highest BCUT2D eigenvalue weighted by Gasteiger charge is 2.16. The van der Waals surface area contributed by atoms with Crippen molar-refractivity contribution in [3.8, 4) is 0 Å². The lowest BCUT2D eigenvalue weighted by Crippen LogP contribution is -2.15. The summed E-state index contributed by atoms with van der Waals surface area (Å²) >= 11 is 1.04. The molecular formula is C15H16N2O3S. The normalized spacial score (nSPS) is 10.4. The lowest BCUT2D eigenvalue weighted by atomic mass is 10.1. The minimum atomic E-state index is -1.01. The van der Waals surface area contributed by atoms with E-state index in [1.54, 1.807) is 6.92 Å². The van der Waals surface area contributed by atoms with E-state index in [1.165, 1.54) is 0 Å². The largest absolute Gasteiger partial charge is 0.477 e. The van der Waals surface area contributed by atoms with Crippen LogP contribution in [-0.2, 0) is 11.2 Å². The minimum absolute atomic E-state index is 0.0760. The molecule has 0 saturated carbocycles. The molecule has 2 aromatic rings. The zero-order valence-electron chi connectivity index (χ0n) is 12.1. The van der Waals surface area contributed by atoms with Gasteiger partial charge >= 0.3 is 5.97 Å². The third kappa shape index (κ3) is 3.46. The van der Waals surface area contributed by atoms with Crippen LogP contribution < -0.4 is 5.32 Å². The molecule has 1 aromatic carbocycles. The van der Waals surface area contributed by atoms with E-state index in [0.29, 0.717) is 10.7 Å². The number of thiazole rings is 1. The molecule has 0 atom stereocenters. The molecule has 21 heavy (non-hydrogen) atoms. The lowest BCUT2D eigenvalue weighted by Gasteiger charge is -2.10. The molecule has 0 spiro atoms. The van der Waals surface area contributed by atoms with E-state index in [-0.39, 0.29) is 17.2 Å². The third-order valence-corrected chi connectivity index (χ3v) is 4.24. The molecule has 6 heteroatoms. The molecule has 2 N–H and O–H groups in total. The van der Waals surface area contributed by atoms with Gasteiger partial charge in [0.2, 0.25) is 5.91 Å². The fraction of sp³-hybridized carbons (Fsp3) is 0.267. The van der Waals surface area contributed by atoms with E-state index >= 15 is 0 Å². The number of hydrogen-bond acceptors (Lipinski definition) is 4. The number of carboxylic acids is 1. The molecule has 0 aliphatic carbocycles. The first-order chi connectivity index (χ1) is 9.88. The number of benzene rings is 1. The lowest BCUT2D eigenvalue weighted by molar-refractivity contribution is -0.115. The summed E-state index contributed by atoms with van der Waals surface area (Å²) < 4.78 is 0. The zero-order valence-corrected chi connectivity index (χ0v) is 12.9. The number of carbonyl (C=O) groups excluding carboxylic acids is 1. The van der Waals surface area contributed by atoms with Gasteiger partial charge in [-0.15, -0.1) is 11.3 Å². The van der Waals surface area contributed by atoms with Gasteiger partial charge in [0.1, 0.15) is 9.88 Å². The Morgan fingerprint density at radius 1 is 1.24 bits per heavy atom. The van der Waals surface area contributed by atoms with Crippen LogP contribution >= 0.6 is 11.3 Å². The average molecular weight is 304 g/mol. The number of nitrogens with one attached hydrogen (secondary N) is 1. The first kappa shape index (κ1) is 15.2. The van der Waals surface area contributed by atoms with E-state index in [9.17, 15) is 9.59 Å². The van der Waals surface area contributed by atoms with Gasteiger partial charge in [-0.1, -0.05) is 18.2 Å². The summed E-state index contributed by atoms with van der Waals surface area (Å²) in [5, 5.41) is 12.4. The van der Waals surface area contributed by atoms with Gasteiger partial charge in [-0.2, -0.15) is 0 Å². The molecule has 1 heterocycles. The Morgan fingerprint density at radius 3 is 2.38 bits per heavy atom. The van der Waals surface area contributed by atoms with Crippen molar-refractivity contribution in [2.75, 3.05) is 5.32 Å². The monoisotopic (exact) mass is 304 g/mol. The fourth-order valence-corrected chi connectivity index (χ4v) is 2.96. The van der Waals surface area contributed by atoms with Crippen molar-refractivity contribution < 1.29 is 14.7 Å². The van der Waals surface area contributed by atoms with Gasteiger partial charge in [0.25, 0.3) is 0 Å². The number of amides is 1. The highest BCUT2D eigenvalue weighted by molar-refractivity contribution is 7.13. The van der Waals surface area contributed by atoms with E-state index in [4.69, 9.17) is 5.11 Å². The molecule has 1 aromatic heterocycles. The van der Waals surface area contributed by atoms with Crippen LogP contribution in [0.3, 0.4) is 0 Å². The van der Waals surface area contributed by atoms with Gasteiger partial charge in [-0.3, -0.25) is 4.79 Å². The van der Waals surface area contributed by atoms with Crippen LogP contribution in [0.1, 0.15) is 31.5 Å². The summed E-state index contributed by atoms with van der Waals surface area (Å²) in [5.74, 6) is -1.20. The molecule has 0 saturated heterocycles. The Balaban J connectivity index is 2.12. The molecule has 1 amide bonds. The maximum atomic E-state index is 12.1. The summed E-state index contributed by atoms with van der Waals surface area (Å²) in [6.07, 6.45) is 0.0760. The quantitative estimate of drug-likeness (QED) is 0.910. The second-order valence-electron chi connectivity index (χ2n) is 4.82. The van der Waals surface area contributed by atoms with Crippen LogP contribution in [0.15, 0.2) is 18.2 Å². The standard InChI is InChI=1S/C15H16N2O3S/c1-8-5-4-6-9(2)13(8)17-11(18)7-12-16-10(3)14(21-12)15(19)20/h4-6H,7H2,1-3H3,(H,17,18)(H,19,20). The Morgan fingerprint density at radius 2 is 1.86 bits per heavy atom. The topological polar surface area (TPSA) is 79.3 Å². The smallest absolute Gasteiger partial charge is 0.347 e. The minimum Gasteiger partial charge on any atom is -0.477 e. The van der Waals surface area contributed by atoms with Crippen molar-refractivity contribution in [3.05, 3.63) is 44.9 Å². The Bertz CT molecular complexity index is 687. The summed E-state index contributed by atoms with van der Waals surface area (Å²) in [6, 6.07) is 5.79. The number of hydrogen-bond donors (Lipinski definition) is 2. The molecule has 110 valence electrons. The van der Waals surface area contributed by atoms with Gasteiger partial charge in [0.15, 0.2) is 0 Å². The predicted molar refractivity (Wildman–Crippen MR) is 82.1 cm³/mol. The van der Waals surface area contributed by atoms with Crippen molar-refractivity contribution in [3.63, 3.8) is 0 Å². The van der Waals surface area contributed by atoms with E-state index in [1.807, 2.05) is 32.0 Å². The summed E-state index contributed by atoms with van der Waals surface area (Å²) in [5.41, 5.74) is 3.23. The molecule has 0 radical (unpaired) electrons. The number of anilines is 1. The molecule has 2 rings (SSSR count). The molecule has 5 nitrogen and oxygen atoms in total. The van der Waals surface area contributed by atoms with Crippen LogP contribution in [0.2, 0.25) is 0 Å². The van der Waals surface area contributed by atoms with Crippen LogP contribution in [0, 0.1) is 20.8 Å². The van der Waals surface area contributed by atoms with Gasteiger partial charge < -0.3 is 10.4 Å². The van der Waals surface area contributed by atoms with Crippen molar-refractivity contribution in [2.24, 2.45) is 0 Å². The second kappa shape index (κ2) is 6.05. The number of para-hydroxylation sites is 1. The number of nitrogens with zero attached hydrogens (tertiary/aromatic N) is 1. The number of rotatable bonds is 4. The fourth-order valence-electron chi connectivity index (χ4n) is 2.06. The SMILES string of the molecule is Cc1cccc(C)c1NC(=O)Cc1nc(C)c(C(=O)O)s1. The number of aromatic carboxylic acids is 1. The molecule has 0 aliphatic heterocycles. The number of carbonyl (C=O) groups is 2. The van der Waals surface area contributed by atoms with Crippen LogP contribution in [0.25, 0.3) is 0 Å². The van der Waals surface area contributed by atoms with E-state index < -0.39 is 5.97 Å². The molecular weight excluding hydrogens is 288 g/mol. The van der Waals surface area contributed by atoms with Gasteiger partial charge in [0, 0.05) is 5.69 Å². The van der Waals surface area contributed by atoms with Gasteiger partial charge in [-0.25, -0.2) is 9.78 Å². The molecule has 0 fully saturated rings. The highest BCUT2D eigenvalue weighted by Crippen LogP contribution is 2.21. The van der Waals surface area contributed by atoms with Crippen LogP contribution in [0.4, 0.5) is 5.69 Å². The second-order valence-corrected chi connectivity index (χ2v) is 5.90. The Hall–Kier alpha value is -2.21. The van der Waals surface area contributed by atoms with Crippen molar-refractivity contribution in [2.45, 2.75) is 27.2 Å². The number of aromatic nitrogens is 1.